The second kappa shape index (κ2) is 7.09. The van der Waals surface area contributed by atoms with Crippen LogP contribution in [0.3, 0.4) is 0 Å². The van der Waals surface area contributed by atoms with Crippen molar-refractivity contribution in [1.82, 2.24) is 0 Å². The summed E-state index contributed by atoms with van der Waals surface area (Å²) in [6.07, 6.45) is 6.47. The van der Waals surface area contributed by atoms with Gasteiger partial charge in [-0.25, -0.2) is 0 Å². The predicted molar refractivity (Wildman–Crippen MR) is 102 cm³/mol. The molecule has 0 aromatic heterocycles. The SMILES string of the molecule is CC(C)(C)CC(=O)C(C)(C)Cc1ccc(CBr)c2c1CCCC2. The van der Waals surface area contributed by atoms with E-state index in [4.69, 9.17) is 0 Å². The van der Waals surface area contributed by atoms with Crippen LogP contribution in [0.15, 0.2) is 12.1 Å². The summed E-state index contributed by atoms with van der Waals surface area (Å²) >= 11 is 3.62. The van der Waals surface area contributed by atoms with Crippen molar-refractivity contribution >= 4 is 21.7 Å². The van der Waals surface area contributed by atoms with E-state index in [1.807, 2.05) is 0 Å². The molecule has 1 aromatic carbocycles. The molecule has 0 N–H and O–H groups in total. The van der Waals surface area contributed by atoms with Crippen LogP contribution in [0.1, 0.15) is 76.1 Å². The van der Waals surface area contributed by atoms with Gasteiger partial charge in [0.2, 0.25) is 0 Å². The molecule has 23 heavy (non-hydrogen) atoms. The van der Waals surface area contributed by atoms with E-state index in [9.17, 15) is 4.79 Å². The van der Waals surface area contributed by atoms with Gasteiger partial charge in [0, 0.05) is 17.2 Å². The summed E-state index contributed by atoms with van der Waals surface area (Å²) in [5.41, 5.74) is 5.69. The number of ketones is 1. The van der Waals surface area contributed by atoms with Crippen LogP contribution < -0.4 is 0 Å². The first-order valence-corrected chi connectivity index (χ1v) is 9.98. The highest BCUT2D eigenvalue weighted by atomic mass is 79.9. The van der Waals surface area contributed by atoms with E-state index in [1.165, 1.54) is 42.4 Å². The van der Waals surface area contributed by atoms with Crippen molar-refractivity contribution in [3.63, 3.8) is 0 Å². The summed E-state index contributed by atoms with van der Waals surface area (Å²) in [4.78, 5) is 12.8. The lowest BCUT2D eigenvalue weighted by Crippen LogP contribution is -2.31. The molecule has 0 spiro atoms. The first kappa shape index (κ1) is 18.7. The van der Waals surface area contributed by atoms with E-state index in [1.54, 1.807) is 5.56 Å². The molecule has 0 aliphatic heterocycles. The number of carbonyl (C=O) groups is 1. The maximum atomic E-state index is 12.8. The average molecular weight is 379 g/mol. The molecule has 128 valence electrons. The van der Waals surface area contributed by atoms with E-state index in [0.29, 0.717) is 12.2 Å². The van der Waals surface area contributed by atoms with Crippen LogP contribution in [0.5, 0.6) is 0 Å². The lowest BCUT2D eigenvalue weighted by atomic mass is 9.73. The second-order valence-electron chi connectivity index (χ2n) is 8.90. The summed E-state index contributed by atoms with van der Waals surface area (Å²) in [6.45, 7) is 10.7. The van der Waals surface area contributed by atoms with E-state index >= 15 is 0 Å². The quantitative estimate of drug-likeness (QED) is 0.571. The molecule has 0 atom stereocenters. The van der Waals surface area contributed by atoms with Gasteiger partial charge in [0.1, 0.15) is 5.78 Å². The van der Waals surface area contributed by atoms with Gasteiger partial charge in [-0.1, -0.05) is 62.7 Å². The van der Waals surface area contributed by atoms with Crippen LogP contribution in [0, 0.1) is 10.8 Å². The molecule has 1 aliphatic rings. The van der Waals surface area contributed by atoms with E-state index < -0.39 is 0 Å². The fourth-order valence-corrected chi connectivity index (χ4v) is 4.13. The Morgan fingerprint density at radius 1 is 1.00 bits per heavy atom. The summed E-state index contributed by atoms with van der Waals surface area (Å²) in [7, 11) is 0. The highest BCUT2D eigenvalue weighted by Gasteiger charge is 2.32. The fraction of sp³-hybridized carbons (Fsp3) is 0.667. The van der Waals surface area contributed by atoms with Gasteiger partial charge >= 0.3 is 0 Å². The summed E-state index contributed by atoms with van der Waals surface area (Å²) in [6, 6.07) is 4.53. The highest BCUT2D eigenvalue weighted by Crippen LogP contribution is 2.35. The number of carbonyl (C=O) groups excluding carboxylic acids is 1. The van der Waals surface area contributed by atoms with Crippen LogP contribution in [-0.2, 0) is 29.4 Å². The van der Waals surface area contributed by atoms with Crippen molar-refractivity contribution in [1.29, 1.82) is 0 Å². The van der Waals surface area contributed by atoms with E-state index in [0.717, 1.165) is 11.8 Å². The summed E-state index contributed by atoms with van der Waals surface area (Å²) in [5, 5.41) is 0.933. The van der Waals surface area contributed by atoms with Gasteiger partial charge in [-0.2, -0.15) is 0 Å². The standard InChI is InChI=1S/C21H31BrO/c1-20(2,3)13-19(23)21(4,5)12-15-10-11-16(14-22)18-9-7-6-8-17(15)18/h10-11H,6-9,12-14H2,1-5H3. The number of rotatable bonds is 5. The van der Waals surface area contributed by atoms with Crippen LogP contribution >= 0.6 is 15.9 Å². The fourth-order valence-electron chi connectivity index (χ4n) is 3.60. The Morgan fingerprint density at radius 3 is 2.04 bits per heavy atom. The first-order valence-electron chi connectivity index (χ1n) is 8.86. The topological polar surface area (TPSA) is 17.1 Å². The molecule has 0 saturated heterocycles. The van der Waals surface area contributed by atoms with Gasteiger partial charge in [0.15, 0.2) is 0 Å². The van der Waals surface area contributed by atoms with Gasteiger partial charge in [-0.15, -0.1) is 0 Å². The number of benzene rings is 1. The molecule has 2 heteroatoms. The number of hydrogen-bond acceptors (Lipinski definition) is 1. The highest BCUT2D eigenvalue weighted by molar-refractivity contribution is 9.08. The lowest BCUT2D eigenvalue weighted by molar-refractivity contribution is -0.128. The molecule has 0 heterocycles. The molecule has 1 nitrogen and oxygen atoms in total. The third-order valence-electron chi connectivity index (χ3n) is 4.95. The van der Waals surface area contributed by atoms with Crippen molar-refractivity contribution < 1.29 is 4.79 Å². The maximum absolute atomic E-state index is 12.8. The Hall–Kier alpha value is -0.630. The van der Waals surface area contributed by atoms with Gasteiger partial charge in [-0.05, 0) is 59.8 Å². The zero-order chi connectivity index (χ0) is 17.3. The molecular formula is C21H31BrO. The molecule has 0 radical (unpaired) electrons. The third-order valence-corrected chi connectivity index (χ3v) is 5.55. The van der Waals surface area contributed by atoms with Crippen molar-refractivity contribution in [2.75, 3.05) is 0 Å². The first-order chi connectivity index (χ1) is 10.6. The zero-order valence-corrected chi connectivity index (χ0v) is 17.0. The second-order valence-corrected chi connectivity index (χ2v) is 9.46. The Bertz CT molecular complexity index is 578. The average Bonchev–Trinajstić information content (AvgIpc) is 2.45. The Morgan fingerprint density at radius 2 is 1.52 bits per heavy atom. The maximum Gasteiger partial charge on any atom is 0.139 e. The number of fused-ring (bicyclic) bond motifs is 1. The van der Waals surface area contributed by atoms with Crippen molar-refractivity contribution in [2.24, 2.45) is 10.8 Å². The van der Waals surface area contributed by atoms with Gasteiger partial charge in [-0.3, -0.25) is 4.79 Å². The molecule has 0 fully saturated rings. The molecule has 1 aromatic rings. The molecule has 0 unspecified atom stereocenters. The Kier molecular flexibility index (Phi) is 5.76. The van der Waals surface area contributed by atoms with Crippen molar-refractivity contribution in [3.8, 4) is 0 Å². The Balaban J connectivity index is 2.27. The molecule has 0 amide bonds. The van der Waals surface area contributed by atoms with Crippen LogP contribution in [-0.4, -0.2) is 5.78 Å². The molecule has 0 bridgehead atoms. The van der Waals surface area contributed by atoms with Crippen molar-refractivity contribution in [2.45, 2.75) is 78.5 Å². The molecular weight excluding hydrogens is 348 g/mol. The van der Waals surface area contributed by atoms with Crippen LogP contribution in [0.4, 0.5) is 0 Å². The number of hydrogen-bond donors (Lipinski definition) is 0. The number of halogens is 1. The van der Waals surface area contributed by atoms with Crippen LogP contribution in [0.25, 0.3) is 0 Å². The minimum atomic E-state index is -0.283. The molecule has 0 saturated carbocycles. The van der Waals surface area contributed by atoms with E-state index in [2.05, 4.69) is 62.7 Å². The van der Waals surface area contributed by atoms with Gasteiger partial charge in [0.25, 0.3) is 0 Å². The monoisotopic (exact) mass is 378 g/mol. The smallest absolute Gasteiger partial charge is 0.139 e. The zero-order valence-electron chi connectivity index (χ0n) is 15.4. The van der Waals surface area contributed by atoms with Gasteiger partial charge < -0.3 is 0 Å². The van der Waals surface area contributed by atoms with Gasteiger partial charge in [0.05, 0.1) is 0 Å². The number of alkyl halides is 1. The number of Topliss-reactive ketones (excluding diaryl/α,β-unsaturated/α-hetero) is 1. The normalized spacial score (nSPS) is 15.4. The summed E-state index contributed by atoms with van der Waals surface area (Å²) in [5.74, 6) is 0.388. The lowest BCUT2D eigenvalue weighted by Gasteiger charge is -2.30. The molecule has 1 aliphatic carbocycles. The largest absolute Gasteiger partial charge is 0.299 e. The summed E-state index contributed by atoms with van der Waals surface area (Å²) < 4.78 is 0. The van der Waals surface area contributed by atoms with Crippen LogP contribution in [0.2, 0.25) is 0 Å². The van der Waals surface area contributed by atoms with E-state index in [-0.39, 0.29) is 10.8 Å². The predicted octanol–water partition coefficient (Wildman–Crippen LogP) is 6.03. The molecule has 2 rings (SSSR count). The third kappa shape index (κ3) is 4.68. The minimum Gasteiger partial charge on any atom is -0.299 e. The minimum absolute atomic E-state index is 0.0631. The Labute approximate surface area is 150 Å². The van der Waals surface area contributed by atoms with Crippen molar-refractivity contribution in [3.05, 3.63) is 34.4 Å².